The van der Waals surface area contributed by atoms with E-state index in [2.05, 4.69) is 4.98 Å². The van der Waals surface area contributed by atoms with Crippen molar-refractivity contribution in [3.63, 3.8) is 0 Å². The van der Waals surface area contributed by atoms with Crippen LogP contribution >= 0.6 is 0 Å². The molecule has 0 amide bonds. The summed E-state index contributed by atoms with van der Waals surface area (Å²) in [5.41, 5.74) is 0.316. The van der Waals surface area contributed by atoms with Crippen molar-refractivity contribution >= 4 is 23.8 Å². The van der Waals surface area contributed by atoms with Crippen molar-refractivity contribution in [2.24, 2.45) is 0 Å². The second-order valence-corrected chi connectivity index (χ2v) is 4.81. The first-order chi connectivity index (χ1) is 11.8. The average Bonchev–Trinajstić information content (AvgIpc) is 2.78. The SMILES string of the molecule is C/C=c1/nc(C(F)(F)F)n(C2=CC=C(C(=O)O)C=CC2)/c1=C/C.CC. The van der Waals surface area contributed by atoms with Crippen LogP contribution < -0.4 is 10.7 Å². The topological polar surface area (TPSA) is 55.1 Å². The number of aromatic nitrogens is 2. The fraction of sp³-hybridized carbons (Fsp3) is 0.333. The molecule has 2 rings (SSSR count). The molecule has 0 radical (unpaired) electrons. The van der Waals surface area contributed by atoms with Crippen LogP contribution in [-0.4, -0.2) is 20.6 Å². The number of rotatable bonds is 2. The maximum absolute atomic E-state index is 13.3. The Morgan fingerprint density at radius 1 is 1.24 bits per heavy atom. The summed E-state index contributed by atoms with van der Waals surface area (Å²) in [6, 6.07) is 0. The van der Waals surface area contributed by atoms with Crippen LogP contribution in [0, 0.1) is 0 Å². The number of allylic oxidation sites excluding steroid dienone is 4. The molecule has 1 aliphatic carbocycles. The van der Waals surface area contributed by atoms with Crippen LogP contribution in [0.2, 0.25) is 0 Å². The molecule has 0 fully saturated rings. The first-order valence-corrected chi connectivity index (χ1v) is 7.89. The number of alkyl halides is 3. The third kappa shape index (κ3) is 4.49. The Morgan fingerprint density at radius 3 is 2.36 bits per heavy atom. The number of hydrogen-bond donors (Lipinski definition) is 1. The van der Waals surface area contributed by atoms with Gasteiger partial charge in [-0.05, 0) is 26.0 Å². The third-order valence-corrected chi connectivity index (χ3v) is 3.36. The molecule has 0 aliphatic heterocycles. The first kappa shape index (κ1) is 20.5. The highest BCUT2D eigenvalue weighted by atomic mass is 19.4. The van der Waals surface area contributed by atoms with Crippen LogP contribution in [0.1, 0.15) is 39.9 Å². The van der Waals surface area contributed by atoms with Gasteiger partial charge in [0.05, 0.1) is 16.3 Å². The highest BCUT2D eigenvalue weighted by Crippen LogP contribution is 2.29. The van der Waals surface area contributed by atoms with E-state index in [4.69, 9.17) is 5.11 Å². The molecule has 1 heterocycles. The van der Waals surface area contributed by atoms with Crippen molar-refractivity contribution < 1.29 is 23.1 Å². The molecule has 0 spiro atoms. The van der Waals surface area contributed by atoms with Gasteiger partial charge in [-0.1, -0.05) is 38.2 Å². The van der Waals surface area contributed by atoms with Crippen molar-refractivity contribution in [1.82, 2.24) is 9.55 Å². The zero-order chi connectivity index (χ0) is 19.2. The molecule has 7 heteroatoms. The summed E-state index contributed by atoms with van der Waals surface area (Å²) < 4.78 is 41.0. The van der Waals surface area contributed by atoms with Gasteiger partial charge < -0.3 is 5.11 Å². The van der Waals surface area contributed by atoms with Crippen LogP contribution in [0.4, 0.5) is 13.2 Å². The standard InChI is InChI=1S/C16H15F3N2O2.C2H6/c1-3-12-13(4-2)21(15(20-12)16(17,18)19)11-7-5-6-10(8-9-11)14(22)23;1-2/h3-6,8-9H,7H2,1-2H3,(H,22,23);1-2H3/b12-3+,13-4+;. The predicted molar refractivity (Wildman–Crippen MR) is 91.9 cm³/mol. The fourth-order valence-corrected chi connectivity index (χ4v) is 2.34. The van der Waals surface area contributed by atoms with Gasteiger partial charge in [0.1, 0.15) is 0 Å². The molecule has 136 valence electrons. The van der Waals surface area contributed by atoms with Crippen LogP contribution in [0.25, 0.3) is 17.8 Å². The summed E-state index contributed by atoms with van der Waals surface area (Å²) in [5, 5.41) is 9.55. The van der Waals surface area contributed by atoms with Crippen LogP contribution in [0.3, 0.4) is 0 Å². The number of aliphatic carboxylic acids is 1. The fourth-order valence-electron chi connectivity index (χ4n) is 2.34. The van der Waals surface area contributed by atoms with Crippen LogP contribution in [0.5, 0.6) is 0 Å². The predicted octanol–water partition coefficient (Wildman–Crippen LogP) is 3.34. The Labute approximate surface area is 144 Å². The minimum Gasteiger partial charge on any atom is -0.478 e. The van der Waals surface area contributed by atoms with E-state index in [1.54, 1.807) is 19.9 Å². The van der Waals surface area contributed by atoms with Gasteiger partial charge in [-0.2, -0.15) is 13.2 Å². The molecule has 0 atom stereocenters. The molecule has 1 N–H and O–H groups in total. The second-order valence-electron chi connectivity index (χ2n) is 4.81. The normalized spacial score (nSPS) is 16.0. The molecule has 0 unspecified atom stereocenters. The second kappa shape index (κ2) is 8.50. The molecule has 1 aromatic heterocycles. The van der Waals surface area contributed by atoms with E-state index < -0.39 is 18.0 Å². The molecule has 1 aromatic rings. The Balaban J connectivity index is 0.00000151. The van der Waals surface area contributed by atoms with E-state index in [9.17, 15) is 18.0 Å². The number of carboxylic acid groups (broad SMARTS) is 1. The Morgan fingerprint density at radius 2 is 1.88 bits per heavy atom. The molecule has 1 aliphatic rings. The molecular weight excluding hydrogens is 333 g/mol. The van der Waals surface area contributed by atoms with Crippen molar-refractivity contribution in [2.75, 3.05) is 0 Å². The minimum absolute atomic E-state index is 0.0120. The van der Waals surface area contributed by atoms with Gasteiger partial charge in [0.2, 0.25) is 5.82 Å². The number of carboxylic acids is 1. The largest absolute Gasteiger partial charge is 0.478 e. The lowest BCUT2D eigenvalue weighted by Crippen LogP contribution is -2.30. The Bertz CT molecular complexity index is 841. The maximum Gasteiger partial charge on any atom is 0.450 e. The monoisotopic (exact) mass is 354 g/mol. The van der Waals surface area contributed by atoms with E-state index in [1.165, 1.54) is 30.4 Å². The van der Waals surface area contributed by atoms with Crippen LogP contribution in [0.15, 0.2) is 29.9 Å². The van der Waals surface area contributed by atoms with E-state index >= 15 is 0 Å². The van der Waals surface area contributed by atoms with E-state index in [1.807, 2.05) is 13.8 Å². The summed E-state index contributed by atoms with van der Waals surface area (Å²) >= 11 is 0. The number of nitrogens with zero attached hydrogens (tertiary/aromatic N) is 2. The lowest BCUT2D eigenvalue weighted by Gasteiger charge is -2.12. The van der Waals surface area contributed by atoms with Crippen molar-refractivity contribution in [2.45, 2.75) is 40.3 Å². The van der Waals surface area contributed by atoms with Crippen molar-refractivity contribution in [3.05, 3.63) is 46.4 Å². The van der Waals surface area contributed by atoms with Gasteiger partial charge in [0.25, 0.3) is 0 Å². The van der Waals surface area contributed by atoms with Crippen LogP contribution in [-0.2, 0) is 11.0 Å². The van der Waals surface area contributed by atoms with E-state index in [0.717, 1.165) is 4.57 Å². The van der Waals surface area contributed by atoms with E-state index in [0.29, 0.717) is 11.0 Å². The molecule has 4 nitrogen and oxygen atoms in total. The summed E-state index contributed by atoms with van der Waals surface area (Å²) in [6.07, 6.45) is 4.17. The quantitative estimate of drug-likeness (QED) is 0.886. The van der Waals surface area contributed by atoms with Gasteiger partial charge in [-0.3, -0.25) is 4.57 Å². The molecule has 25 heavy (non-hydrogen) atoms. The van der Waals surface area contributed by atoms with Gasteiger partial charge >= 0.3 is 12.1 Å². The van der Waals surface area contributed by atoms with Gasteiger partial charge in [-0.15, -0.1) is 0 Å². The van der Waals surface area contributed by atoms with Gasteiger partial charge in [0.15, 0.2) is 0 Å². The summed E-state index contributed by atoms with van der Waals surface area (Å²) in [6.45, 7) is 7.25. The lowest BCUT2D eigenvalue weighted by molar-refractivity contribution is -0.146. The summed E-state index contributed by atoms with van der Waals surface area (Å²) in [4.78, 5) is 14.7. The van der Waals surface area contributed by atoms with Gasteiger partial charge in [-0.25, -0.2) is 9.78 Å². The number of carbonyl (C=O) groups is 1. The lowest BCUT2D eigenvalue weighted by atomic mass is 10.2. The zero-order valence-electron chi connectivity index (χ0n) is 14.6. The highest BCUT2D eigenvalue weighted by Gasteiger charge is 2.37. The number of imidazole rings is 1. The Kier molecular flexibility index (Phi) is 6.97. The molecule has 0 bridgehead atoms. The van der Waals surface area contributed by atoms with Gasteiger partial charge in [0, 0.05) is 12.1 Å². The smallest absolute Gasteiger partial charge is 0.450 e. The third-order valence-electron chi connectivity index (χ3n) is 3.36. The number of halogens is 3. The molecule has 0 saturated carbocycles. The number of hydrogen-bond acceptors (Lipinski definition) is 2. The molecule has 0 saturated heterocycles. The summed E-state index contributed by atoms with van der Waals surface area (Å²) in [5.74, 6) is -2.16. The minimum atomic E-state index is -4.62. The van der Waals surface area contributed by atoms with Crippen molar-refractivity contribution in [3.8, 4) is 0 Å². The van der Waals surface area contributed by atoms with Crippen molar-refractivity contribution in [1.29, 1.82) is 0 Å². The summed E-state index contributed by atoms with van der Waals surface area (Å²) in [7, 11) is 0. The zero-order valence-corrected chi connectivity index (χ0v) is 14.6. The Hall–Kier alpha value is -2.57. The average molecular weight is 354 g/mol. The maximum atomic E-state index is 13.3. The molecular formula is C18H21F3N2O2. The first-order valence-electron chi connectivity index (χ1n) is 7.89. The highest BCUT2D eigenvalue weighted by molar-refractivity contribution is 5.90. The van der Waals surface area contributed by atoms with E-state index in [-0.39, 0.29) is 17.3 Å². The molecule has 0 aromatic carbocycles.